The molecule has 22 heavy (non-hydrogen) atoms. The third kappa shape index (κ3) is 99.3. The smallest absolute Gasteiger partial charge is 0.154 e. The summed E-state index contributed by atoms with van der Waals surface area (Å²) in [7, 11) is 0. The summed E-state index contributed by atoms with van der Waals surface area (Å²) in [5.74, 6) is 0. The molecule has 0 aliphatic rings. The summed E-state index contributed by atoms with van der Waals surface area (Å²) in [6, 6.07) is 0. The van der Waals surface area contributed by atoms with Gasteiger partial charge in [0, 0.05) is 78.8 Å². The molecule has 4 nitrogen and oxygen atoms in total. The molecule has 0 spiro atoms. The van der Waals surface area contributed by atoms with Crippen molar-refractivity contribution in [2.24, 2.45) is 0 Å². The molecule has 0 aromatic rings. The number of hydrogen-bond acceptors (Lipinski definition) is 2. The predicted molar refractivity (Wildman–Crippen MR) is 94.2 cm³/mol. The van der Waals surface area contributed by atoms with Crippen LogP contribution in [0.25, 0.3) is 0 Å². The maximum absolute atomic E-state index is 6.94. The molecule has 0 aromatic heterocycles. The molecule has 0 bridgehead atoms. The Hall–Kier alpha value is 1.62. The Labute approximate surface area is 175 Å². The summed E-state index contributed by atoms with van der Waals surface area (Å²) in [6.07, 6.45) is 0. The summed E-state index contributed by atoms with van der Waals surface area (Å²) in [5, 5.41) is 13.9. The second kappa shape index (κ2) is 12.9. The Balaban J connectivity index is -0.000000124. The summed E-state index contributed by atoms with van der Waals surface area (Å²) in [4.78, 5) is 0. The maximum Gasteiger partial charge on any atom is 0.154 e. The molecule has 2 radical (unpaired) electrons. The van der Waals surface area contributed by atoms with Gasteiger partial charge in [0.05, 0.1) is 0 Å². The predicted octanol–water partition coefficient (Wildman–Crippen LogP) is 3.17. The van der Waals surface area contributed by atoms with Crippen LogP contribution in [0.4, 0.5) is 0 Å². The number of rotatable bonds is 2. The molecule has 0 rings (SSSR count). The Morgan fingerprint density at radius 2 is 0.682 bits per heavy atom. The Morgan fingerprint density at radius 3 is 0.773 bits per heavy atom. The van der Waals surface area contributed by atoms with Crippen LogP contribution in [-0.4, -0.2) is 48.5 Å². The third-order valence-electron chi connectivity index (χ3n) is 0.803. The fourth-order valence-electron chi connectivity index (χ4n) is 0.313. The normalized spacial score (nSPS) is 12.3. The first-order chi connectivity index (χ1) is 8.71. The third-order valence-corrected chi connectivity index (χ3v) is 2.41. The van der Waals surface area contributed by atoms with E-state index in [0.717, 1.165) is 0 Å². The second-order valence-corrected chi connectivity index (χ2v) is 9.72. The van der Waals surface area contributed by atoms with Crippen LogP contribution in [-0.2, 0) is 7.58 Å². The fraction of sp³-hybridized carbons (Fsp3) is 1.00. The average Bonchev–Trinajstić information content (AvgIpc) is 1.89. The van der Waals surface area contributed by atoms with Gasteiger partial charge >= 0.3 is 0 Å². The van der Waals surface area contributed by atoms with E-state index in [-0.39, 0.29) is 75.6 Å². The molecular formula is C16H40AlErO4+. The first-order valence-corrected chi connectivity index (χ1v) is 8.32. The zero-order valence-corrected chi connectivity index (χ0v) is 19.7. The van der Waals surface area contributed by atoms with Crippen molar-refractivity contribution >= 4 is 15.9 Å². The van der Waals surface area contributed by atoms with Gasteiger partial charge in [-0.15, -0.1) is 0 Å². The standard InChI is InChI=1S/2C4H10O.2C4H9O.Al.Er/c4*1-4(2,3)5;;/h2*5H,1-3H3;2*1-3H3;;/q;;2*-1;+1;/p+2. The van der Waals surface area contributed by atoms with Gasteiger partial charge in [-0.3, -0.25) is 0 Å². The maximum atomic E-state index is 6.94. The van der Waals surface area contributed by atoms with Crippen molar-refractivity contribution in [2.75, 3.05) is 0 Å². The molecule has 0 heterocycles. The van der Waals surface area contributed by atoms with Crippen LogP contribution in [0, 0.1) is 37.3 Å². The van der Waals surface area contributed by atoms with E-state index in [2.05, 4.69) is 0 Å². The van der Waals surface area contributed by atoms with Crippen LogP contribution in [0.3, 0.4) is 0 Å². The fourth-order valence-corrected chi connectivity index (χ4v) is 0.938. The minimum atomic E-state index is -0.331. The minimum absolute atomic E-state index is 0. The van der Waals surface area contributed by atoms with Crippen LogP contribution >= 0.6 is 0 Å². The van der Waals surface area contributed by atoms with E-state index in [1.165, 1.54) is 0 Å². The summed E-state index contributed by atoms with van der Waals surface area (Å²) >= 11 is -0.331. The minimum Gasteiger partial charge on any atom is -0.675 e. The average molecular weight is 491 g/mol. The largest absolute Gasteiger partial charge is 0.675 e. The SMILES string of the molecule is CC(C)(C)[OH2+].CC(C)(C)[OH2+].CC(C)(C)[O][Al-][O]C(C)(C)C.[Er]. The summed E-state index contributed by atoms with van der Waals surface area (Å²) < 4.78 is 10.9. The molecule has 0 unspecified atom stereocenters. The molecule has 0 fully saturated rings. The first-order valence-electron chi connectivity index (χ1n) is 7.38. The van der Waals surface area contributed by atoms with Gasteiger partial charge in [0.2, 0.25) is 0 Å². The molecule has 0 amide bonds. The molecule has 0 saturated carbocycles. The zero-order chi connectivity index (χ0) is 18.1. The van der Waals surface area contributed by atoms with E-state index in [4.69, 9.17) is 17.8 Å². The van der Waals surface area contributed by atoms with Crippen LogP contribution in [0.2, 0.25) is 0 Å². The molecule has 0 saturated heterocycles. The van der Waals surface area contributed by atoms with E-state index in [1.807, 2.05) is 83.1 Å². The Bertz CT molecular complexity index is 207. The van der Waals surface area contributed by atoms with Gasteiger partial charge in [0.15, 0.2) is 11.2 Å². The van der Waals surface area contributed by atoms with Gasteiger partial charge in [-0.1, -0.05) is 0 Å². The van der Waals surface area contributed by atoms with Gasteiger partial charge in [-0.25, -0.2) is 0 Å². The van der Waals surface area contributed by atoms with Gasteiger partial charge < -0.3 is 17.8 Å². The van der Waals surface area contributed by atoms with Gasteiger partial charge in [-0.2, -0.15) is 0 Å². The molecular weight excluding hydrogens is 450 g/mol. The molecule has 0 atom stereocenters. The van der Waals surface area contributed by atoms with Crippen molar-refractivity contribution in [3.63, 3.8) is 0 Å². The van der Waals surface area contributed by atoms with E-state index >= 15 is 0 Å². The zero-order valence-electron chi connectivity index (χ0n) is 16.7. The quantitative estimate of drug-likeness (QED) is 0.441. The Morgan fingerprint density at radius 1 is 0.545 bits per heavy atom. The van der Waals surface area contributed by atoms with Crippen molar-refractivity contribution in [1.29, 1.82) is 0 Å². The monoisotopic (exact) mass is 489 g/mol. The van der Waals surface area contributed by atoms with Crippen molar-refractivity contribution in [1.82, 2.24) is 0 Å². The molecule has 0 aliphatic carbocycles. The molecule has 0 aliphatic heterocycles. The van der Waals surface area contributed by atoms with E-state index in [0.29, 0.717) is 0 Å². The van der Waals surface area contributed by atoms with Crippen LogP contribution in [0.5, 0.6) is 0 Å². The Kier molecular flexibility index (Phi) is 18.4. The van der Waals surface area contributed by atoms with Gasteiger partial charge in [0.1, 0.15) is 15.9 Å². The van der Waals surface area contributed by atoms with Gasteiger partial charge in [0.25, 0.3) is 0 Å². The molecule has 142 valence electrons. The van der Waals surface area contributed by atoms with Crippen molar-refractivity contribution in [3.05, 3.63) is 0 Å². The van der Waals surface area contributed by atoms with E-state index in [9.17, 15) is 0 Å². The molecule has 4 N–H and O–H groups in total. The van der Waals surface area contributed by atoms with E-state index in [1.54, 1.807) is 0 Å². The van der Waals surface area contributed by atoms with Crippen LogP contribution in [0.1, 0.15) is 83.1 Å². The number of hydrogen-bond donors (Lipinski definition) is 0. The van der Waals surface area contributed by atoms with E-state index < -0.39 is 0 Å². The van der Waals surface area contributed by atoms with Crippen LogP contribution < -0.4 is 0 Å². The molecule has 0 aromatic carbocycles. The summed E-state index contributed by atoms with van der Waals surface area (Å²) in [5.41, 5.74) is -0.638. The van der Waals surface area contributed by atoms with Crippen molar-refractivity contribution in [2.45, 2.75) is 105 Å². The van der Waals surface area contributed by atoms with Crippen LogP contribution in [0.15, 0.2) is 0 Å². The molecule has 6 heteroatoms. The first kappa shape index (κ1) is 31.4. The summed E-state index contributed by atoms with van der Waals surface area (Å²) in [6.45, 7) is 23.3. The van der Waals surface area contributed by atoms with Crippen molar-refractivity contribution < 1.29 is 55.1 Å². The topological polar surface area (TPSA) is 64.3 Å². The van der Waals surface area contributed by atoms with Gasteiger partial charge in [-0.05, 0) is 52.7 Å². The van der Waals surface area contributed by atoms with Crippen molar-refractivity contribution in [3.8, 4) is 0 Å². The second-order valence-electron chi connectivity index (χ2n) is 9.06.